The minimum absolute atomic E-state index is 0. The fraction of sp³-hybridized carbons (Fsp3) is 0.944. The van der Waals surface area contributed by atoms with Gasteiger partial charge in [0.1, 0.15) is 0 Å². The molecule has 5 nitrogen and oxygen atoms in total. The fourth-order valence-corrected chi connectivity index (χ4v) is 4.94. The summed E-state index contributed by atoms with van der Waals surface area (Å²) in [5.74, 6) is 4.16. The van der Waals surface area contributed by atoms with Crippen LogP contribution in [0.1, 0.15) is 40.0 Å². The van der Waals surface area contributed by atoms with Crippen LogP contribution in [0.15, 0.2) is 4.99 Å². The average Bonchev–Trinajstić information content (AvgIpc) is 3.07. The molecule has 0 aromatic heterocycles. The van der Waals surface area contributed by atoms with Gasteiger partial charge in [0.2, 0.25) is 0 Å². The van der Waals surface area contributed by atoms with Crippen LogP contribution < -0.4 is 10.6 Å². The lowest BCUT2D eigenvalue weighted by molar-refractivity contribution is -0.0120. The Balaban J connectivity index is 0.00000312. The molecule has 2 N–H and O–H groups in total. The van der Waals surface area contributed by atoms with Gasteiger partial charge in [0.15, 0.2) is 5.96 Å². The molecule has 7 heteroatoms. The van der Waals surface area contributed by atoms with Crippen molar-refractivity contribution in [1.82, 2.24) is 15.5 Å². The zero-order valence-corrected chi connectivity index (χ0v) is 19.5. The summed E-state index contributed by atoms with van der Waals surface area (Å²) < 4.78 is 5.54. The normalized spacial score (nSPS) is 26.4. The molecule has 2 saturated heterocycles. The molecule has 0 saturated carbocycles. The van der Waals surface area contributed by atoms with Crippen LogP contribution in [0, 0.1) is 5.92 Å². The van der Waals surface area contributed by atoms with E-state index < -0.39 is 0 Å². The third-order valence-corrected chi connectivity index (χ3v) is 6.37. The average molecular weight is 484 g/mol. The molecule has 2 heterocycles. The van der Waals surface area contributed by atoms with Crippen molar-refractivity contribution in [2.75, 3.05) is 51.4 Å². The number of thioether (sulfide) groups is 1. The van der Waals surface area contributed by atoms with Gasteiger partial charge in [0.25, 0.3) is 0 Å². The van der Waals surface area contributed by atoms with Gasteiger partial charge in [-0.3, -0.25) is 9.89 Å². The molecule has 0 aromatic rings. The number of nitrogens with one attached hydrogen (secondary N) is 2. The van der Waals surface area contributed by atoms with Crippen LogP contribution in [0.2, 0.25) is 0 Å². The summed E-state index contributed by atoms with van der Waals surface area (Å²) in [7, 11) is 1.87. The number of hydrogen-bond acceptors (Lipinski definition) is 4. The zero-order valence-electron chi connectivity index (χ0n) is 16.3. The highest BCUT2D eigenvalue weighted by atomic mass is 127. The Kier molecular flexibility index (Phi) is 11.1. The predicted molar refractivity (Wildman–Crippen MR) is 121 cm³/mol. The SMILES string of the molecule is CN=C(NCC1(N2CCOCC2)CCSC1)NC(C)CCC(C)C.I. The molecule has 25 heavy (non-hydrogen) atoms. The molecule has 0 aromatic carbocycles. The van der Waals surface area contributed by atoms with Gasteiger partial charge >= 0.3 is 0 Å². The van der Waals surface area contributed by atoms with Crippen molar-refractivity contribution in [2.24, 2.45) is 10.9 Å². The maximum atomic E-state index is 5.54. The fourth-order valence-electron chi connectivity index (χ4n) is 3.47. The van der Waals surface area contributed by atoms with Crippen molar-refractivity contribution in [3.05, 3.63) is 0 Å². The highest BCUT2D eigenvalue weighted by Crippen LogP contribution is 2.33. The van der Waals surface area contributed by atoms with Crippen LogP contribution in [0.25, 0.3) is 0 Å². The summed E-state index contributed by atoms with van der Waals surface area (Å²) in [6, 6.07) is 0.455. The van der Waals surface area contributed by atoms with Crippen molar-refractivity contribution in [1.29, 1.82) is 0 Å². The van der Waals surface area contributed by atoms with Gasteiger partial charge in [-0.25, -0.2) is 0 Å². The minimum Gasteiger partial charge on any atom is -0.379 e. The molecule has 0 spiro atoms. The van der Waals surface area contributed by atoms with Gasteiger partial charge in [0.05, 0.1) is 13.2 Å². The van der Waals surface area contributed by atoms with E-state index in [-0.39, 0.29) is 29.5 Å². The minimum atomic E-state index is 0. The molecule has 2 rings (SSSR count). The third-order valence-electron chi connectivity index (χ3n) is 5.13. The van der Waals surface area contributed by atoms with E-state index in [1.165, 1.54) is 30.8 Å². The highest BCUT2D eigenvalue weighted by Gasteiger charge is 2.40. The van der Waals surface area contributed by atoms with Gasteiger partial charge in [-0.15, -0.1) is 24.0 Å². The van der Waals surface area contributed by atoms with E-state index in [4.69, 9.17) is 4.74 Å². The van der Waals surface area contributed by atoms with Gasteiger partial charge in [0, 0.05) is 44.0 Å². The number of nitrogens with zero attached hydrogens (tertiary/aromatic N) is 2. The summed E-state index contributed by atoms with van der Waals surface area (Å²) >= 11 is 2.08. The second-order valence-corrected chi connectivity index (χ2v) is 8.67. The maximum absolute atomic E-state index is 5.54. The van der Waals surface area contributed by atoms with E-state index in [0.717, 1.165) is 44.7 Å². The second-order valence-electron chi connectivity index (χ2n) is 7.57. The lowest BCUT2D eigenvalue weighted by atomic mass is 9.95. The quantitative estimate of drug-likeness (QED) is 0.331. The van der Waals surface area contributed by atoms with Crippen LogP contribution in [-0.4, -0.2) is 73.8 Å². The number of morpholine rings is 1. The molecular formula is C18H37IN4OS. The Hall–Kier alpha value is 0.270. The summed E-state index contributed by atoms with van der Waals surface area (Å²) in [5.41, 5.74) is 0.257. The van der Waals surface area contributed by atoms with Gasteiger partial charge in [-0.05, 0) is 37.9 Å². The molecule has 148 valence electrons. The predicted octanol–water partition coefficient (Wildman–Crippen LogP) is 2.80. The number of hydrogen-bond donors (Lipinski definition) is 2. The molecule has 2 fully saturated rings. The molecule has 2 atom stereocenters. The summed E-state index contributed by atoms with van der Waals surface area (Å²) in [5, 5.41) is 7.17. The maximum Gasteiger partial charge on any atom is 0.191 e. The molecule has 2 aliphatic heterocycles. The Bertz CT molecular complexity index is 397. The molecule has 0 amide bonds. The topological polar surface area (TPSA) is 48.9 Å². The van der Waals surface area contributed by atoms with Crippen LogP contribution in [0.3, 0.4) is 0 Å². The second kappa shape index (κ2) is 11.9. The van der Waals surface area contributed by atoms with E-state index in [1.54, 1.807) is 0 Å². The number of guanidine groups is 1. The van der Waals surface area contributed by atoms with E-state index in [9.17, 15) is 0 Å². The first kappa shape index (κ1) is 23.3. The number of ether oxygens (including phenoxy) is 1. The highest BCUT2D eigenvalue weighted by molar-refractivity contribution is 14.0. The van der Waals surface area contributed by atoms with Crippen molar-refractivity contribution in [3.63, 3.8) is 0 Å². The van der Waals surface area contributed by atoms with Crippen molar-refractivity contribution in [3.8, 4) is 0 Å². The summed E-state index contributed by atoms with van der Waals surface area (Å²) in [6.45, 7) is 11.6. The third kappa shape index (κ3) is 7.42. The Morgan fingerprint density at radius 3 is 2.52 bits per heavy atom. The standard InChI is InChI=1S/C18H36N4OS.HI/c1-15(2)5-6-16(3)21-17(19-4)20-13-18(7-12-24-14-18)22-8-10-23-11-9-22;/h15-16H,5-14H2,1-4H3,(H2,19,20,21);1H. The van der Waals surface area contributed by atoms with Crippen LogP contribution in [-0.2, 0) is 4.74 Å². The number of aliphatic imine (C=N–C) groups is 1. The molecular weight excluding hydrogens is 447 g/mol. The lowest BCUT2D eigenvalue weighted by Gasteiger charge is -2.43. The number of rotatable bonds is 7. The molecule has 0 bridgehead atoms. The molecule has 2 unspecified atom stereocenters. The van der Waals surface area contributed by atoms with Gasteiger partial charge in [-0.1, -0.05) is 13.8 Å². The summed E-state index contributed by atoms with van der Waals surface area (Å²) in [4.78, 5) is 7.07. The smallest absolute Gasteiger partial charge is 0.191 e. The Labute approximate surface area is 175 Å². The van der Waals surface area contributed by atoms with Gasteiger partial charge in [-0.2, -0.15) is 11.8 Å². The van der Waals surface area contributed by atoms with Gasteiger partial charge < -0.3 is 15.4 Å². The lowest BCUT2D eigenvalue weighted by Crippen LogP contribution is -2.60. The molecule has 2 aliphatic rings. The van der Waals surface area contributed by atoms with Crippen molar-refractivity contribution in [2.45, 2.75) is 51.6 Å². The first-order chi connectivity index (χ1) is 11.6. The first-order valence-electron chi connectivity index (χ1n) is 9.43. The number of halogens is 1. The van der Waals surface area contributed by atoms with E-state index >= 15 is 0 Å². The van der Waals surface area contributed by atoms with E-state index in [0.29, 0.717) is 6.04 Å². The van der Waals surface area contributed by atoms with Crippen LogP contribution >= 0.6 is 35.7 Å². The Morgan fingerprint density at radius 1 is 1.24 bits per heavy atom. The van der Waals surface area contributed by atoms with Crippen molar-refractivity contribution < 1.29 is 4.74 Å². The van der Waals surface area contributed by atoms with Crippen LogP contribution in [0.5, 0.6) is 0 Å². The van der Waals surface area contributed by atoms with Crippen molar-refractivity contribution >= 4 is 41.7 Å². The van der Waals surface area contributed by atoms with Crippen LogP contribution in [0.4, 0.5) is 0 Å². The zero-order chi connectivity index (χ0) is 17.4. The molecule has 0 aliphatic carbocycles. The first-order valence-corrected chi connectivity index (χ1v) is 10.6. The largest absolute Gasteiger partial charge is 0.379 e. The Morgan fingerprint density at radius 2 is 1.96 bits per heavy atom. The monoisotopic (exact) mass is 484 g/mol. The molecule has 0 radical (unpaired) electrons. The summed E-state index contributed by atoms with van der Waals surface area (Å²) in [6.07, 6.45) is 3.69. The van der Waals surface area contributed by atoms with E-state index in [2.05, 4.69) is 53.1 Å². The van der Waals surface area contributed by atoms with E-state index in [1.807, 2.05) is 7.05 Å².